The average Bonchev–Trinajstić information content (AvgIpc) is 2.95. The van der Waals surface area contributed by atoms with E-state index >= 15 is 0 Å². The van der Waals surface area contributed by atoms with E-state index in [0.717, 1.165) is 40.4 Å². The zero-order chi connectivity index (χ0) is 28.7. The molecule has 0 saturated carbocycles. The maximum Gasteiger partial charge on any atom is 0.338 e. The van der Waals surface area contributed by atoms with E-state index in [1.165, 1.54) is 7.11 Å². The lowest BCUT2D eigenvalue weighted by Crippen LogP contribution is -2.24. The molecule has 0 unspecified atom stereocenters. The summed E-state index contributed by atoms with van der Waals surface area (Å²) >= 11 is 0. The Morgan fingerprint density at radius 3 is 2.36 bits per heavy atom. The van der Waals surface area contributed by atoms with Crippen LogP contribution >= 0.6 is 0 Å². The summed E-state index contributed by atoms with van der Waals surface area (Å²) in [5.41, 5.74) is 4.81. The summed E-state index contributed by atoms with van der Waals surface area (Å²) in [7, 11) is 9.26. The van der Waals surface area contributed by atoms with Crippen molar-refractivity contribution in [2.24, 2.45) is 0 Å². The number of esters is 1. The molecule has 1 aliphatic carbocycles. The molecule has 0 fully saturated rings. The minimum Gasteiger partial charge on any atom is -0.465 e. The second-order valence-electron chi connectivity index (χ2n) is 9.49. The van der Waals surface area contributed by atoms with Gasteiger partial charge in [0, 0.05) is 60.5 Å². The maximum absolute atomic E-state index is 13.0. The second-order valence-corrected chi connectivity index (χ2v) is 9.49. The van der Waals surface area contributed by atoms with Gasteiger partial charge in [-0.15, -0.1) is 0 Å². The molecule has 0 atom stereocenters. The number of benzene rings is 3. The van der Waals surface area contributed by atoms with Gasteiger partial charge in [-0.25, -0.2) is 9.37 Å². The van der Waals surface area contributed by atoms with Crippen LogP contribution in [-0.4, -0.2) is 53.7 Å². The largest absolute Gasteiger partial charge is 0.465 e. The minimum absolute atomic E-state index is 0.176. The molecular formula is C32H40N3O4+. The number of amides is 1. The number of nitrogens with zero attached hydrogens (tertiary/aromatic N) is 2. The fraction of sp³-hybridized carbons (Fsp3) is 0.344. The van der Waals surface area contributed by atoms with Crippen LogP contribution < -0.4 is 20.1 Å². The van der Waals surface area contributed by atoms with Crippen LogP contribution in [0.3, 0.4) is 0 Å². The van der Waals surface area contributed by atoms with Crippen LogP contribution in [0.2, 0.25) is 0 Å². The molecule has 0 aromatic heterocycles. The Bertz CT molecular complexity index is 1510. The molecule has 2 aromatic rings. The van der Waals surface area contributed by atoms with Crippen LogP contribution in [0.4, 0.5) is 5.69 Å². The molecule has 1 amide bonds. The number of methoxy groups -OCH3 is 1. The van der Waals surface area contributed by atoms with E-state index in [4.69, 9.17) is 9.15 Å². The first kappa shape index (κ1) is 29.4. The average molecular weight is 531 g/mol. The van der Waals surface area contributed by atoms with Crippen molar-refractivity contribution in [1.82, 2.24) is 9.89 Å². The highest BCUT2D eigenvalue weighted by Gasteiger charge is 2.24. The van der Waals surface area contributed by atoms with E-state index < -0.39 is 5.97 Å². The number of fused-ring (bicyclic) bond motifs is 2. The number of hydrogen-bond donors (Lipinski definition) is 1. The Kier molecular flexibility index (Phi) is 9.88. The maximum atomic E-state index is 13.0. The fourth-order valence-electron chi connectivity index (χ4n) is 4.38. The molecule has 7 heteroatoms. The Morgan fingerprint density at radius 1 is 0.974 bits per heavy atom. The van der Waals surface area contributed by atoms with Crippen LogP contribution in [-0.2, 0) is 4.74 Å². The number of carbonyl (C=O) groups excluding carboxylic acids is 2. The van der Waals surface area contributed by atoms with Crippen molar-refractivity contribution in [1.29, 1.82) is 0 Å². The van der Waals surface area contributed by atoms with Gasteiger partial charge in [-0.1, -0.05) is 27.2 Å². The normalized spacial score (nSPS) is 10.6. The summed E-state index contributed by atoms with van der Waals surface area (Å²) in [6, 6.07) is 17.1. The van der Waals surface area contributed by atoms with E-state index in [1.54, 1.807) is 18.2 Å². The third-order valence-corrected chi connectivity index (χ3v) is 6.49. The van der Waals surface area contributed by atoms with Gasteiger partial charge >= 0.3 is 5.97 Å². The fourth-order valence-corrected chi connectivity index (χ4v) is 4.38. The third kappa shape index (κ3) is 6.30. The molecule has 1 heterocycles. The topological polar surface area (TPSA) is 74.8 Å². The summed E-state index contributed by atoms with van der Waals surface area (Å²) < 4.78 is 13.5. The predicted octanol–water partition coefficient (Wildman–Crippen LogP) is 5.65. The first-order valence-electron chi connectivity index (χ1n) is 13.4. The van der Waals surface area contributed by atoms with Crippen molar-refractivity contribution >= 4 is 28.5 Å². The van der Waals surface area contributed by atoms with Crippen molar-refractivity contribution < 1.29 is 18.7 Å². The first-order valence-corrected chi connectivity index (χ1v) is 13.4. The predicted molar refractivity (Wildman–Crippen MR) is 160 cm³/mol. The summed E-state index contributed by atoms with van der Waals surface area (Å²) in [4.78, 5) is 27.9. The quantitative estimate of drug-likeness (QED) is 0.145. The van der Waals surface area contributed by atoms with E-state index in [9.17, 15) is 9.59 Å². The lowest BCUT2D eigenvalue weighted by molar-refractivity contribution is 0.0601. The highest BCUT2D eigenvalue weighted by molar-refractivity contribution is 6.09. The standard InChI is InChI=1S/C30H33N3O4.C2H6/c1-7-8-15-31-29(34)19-9-12-22(30(35)36-6)25(16-19)28-23-13-10-20(32(2)3)17-26(23)37-27-18-21(33(4)5)11-14-24(27)28;1-2/h9-14,16-18H,7-8,15H2,1-6H3;1-2H3/p+1. The molecule has 7 nitrogen and oxygen atoms in total. The van der Waals surface area contributed by atoms with E-state index in [-0.39, 0.29) is 5.91 Å². The van der Waals surface area contributed by atoms with Gasteiger partial charge in [0.15, 0.2) is 0 Å². The van der Waals surface area contributed by atoms with Crippen LogP contribution in [0, 0.1) is 0 Å². The molecule has 4 rings (SSSR count). The number of carbonyl (C=O) groups is 2. The molecule has 0 saturated heterocycles. The first-order chi connectivity index (χ1) is 18.7. The Labute approximate surface area is 231 Å². The summed E-state index contributed by atoms with van der Waals surface area (Å²) in [5, 5.41) is 4.80. The number of anilines is 1. The molecule has 1 N–H and O–H groups in total. The second kappa shape index (κ2) is 13.1. The SMILES string of the molecule is CC.CCCCNC(=O)c1ccc(C(=O)OC)c(-c2c3ccc(=[N+](C)C)cc-3oc3cc(N(C)C)ccc23)c1. The third-order valence-electron chi connectivity index (χ3n) is 6.49. The number of rotatable bonds is 7. The zero-order valence-corrected chi connectivity index (χ0v) is 24.3. The van der Waals surface area contributed by atoms with Gasteiger partial charge in [-0.2, -0.15) is 0 Å². The van der Waals surface area contributed by atoms with Crippen molar-refractivity contribution in [3.63, 3.8) is 0 Å². The lowest BCUT2D eigenvalue weighted by Gasteiger charge is -2.19. The highest BCUT2D eigenvalue weighted by atomic mass is 16.5. The Balaban J connectivity index is 0.00000205. The molecule has 0 bridgehead atoms. The van der Waals surface area contributed by atoms with Crippen LogP contribution in [0.25, 0.3) is 33.4 Å². The van der Waals surface area contributed by atoms with Gasteiger partial charge in [0.2, 0.25) is 5.36 Å². The zero-order valence-electron chi connectivity index (χ0n) is 24.3. The molecule has 0 radical (unpaired) electrons. The highest BCUT2D eigenvalue weighted by Crippen LogP contribution is 2.42. The molecule has 0 spiro atoms. The Hall–Kier alpha value is -4.13. The van der Waals surface area contributed by atoms with Crippen LogP contribution in [0.5, 0.6) is 0 Å². The summed E-state index contributed by atoms with van der Waals surface area (Å²) in [6.45, 7) is 6.68. The molecule has 206 valence electrons. The van der Waals surface area contributed by atoms with Gasteiger partial charge in [-0.3, -0.25) is 4.79 Å². The minimum atomic E-state index is -0.468. The molecule has 39 heavy (non-hydrogen) atoms. The lowest BCUT2D eigenvalue weighted by atomic mass is 9.89. The van der Waals surface area contributed by atoms with Crippen molar-refractivity contribution in [2.45, 2.75) is 33.6 Å². The van der Waals surface area contributed by atoms with Gasteiger partial charge in [0.25, 0.3) is 5.91 Å². The van der Waals surface area contributed by atoms with Crippen LogP contribution in [0.15, 0.2) is 59.0 Å². The number of unbranched alkanes of at least 4 members (excludes halogenated alkanes) is 1. The number of ether oxygens (including phenoxy) is 1. The molecule has 2 aromatic carbocycles. The number of nitrogens with one attached hydrogen (secondary N) is 1. The molecular weight excluding hydrogens is 490 g/mol. The monoisotopic (exact) mass is 530 g/mol. The van der Waals surface area contributed by atoms with Gasteiger partial charge in [0.05, 0.1) is 18.7 Å². The number of hydrogen-bond acceptors (Lipinski definition) is 5. The van der Waals surface area contributed by atoms with E-state index in [1.807, 2.05) is 87.9 Å². The smallest absolute Gasteiger partial charge is 0.338 e. The molecule has 2 aliphatic rings. The van der Waals surface area contributed by atoms with Crippen molar-refractivity contribution in [2.75, 3.05) is 46.7 Å². The van der Waals surface area contributed by atoms with Gasteiger partial charge in [-0.05, 0) is 48.4 Å². The van der Waals surface area contributed by atoms with Crippen molar-refractivity contribution in [3.05, 3.63) is 71.1 Å². The van der Waals surface area contributed by atoms with Crippen LogP contribution in [0.1, 0.15) is 54.3 Å². The van der Waals surface area contributed by atoms with E-state index in [2.05, 4.69) is 12.2 Å². The Morgan fingerprint density at radius 2 is 1.72 bits per heavy atom. The summed E-state index contributed by atoms with van der Waals surface area (Å²) in [5.74, 6) is 0.0354. The molecule has 1 aliphatic heterocycles. The van der Waals surface area contributed by atoms with E-state index in [0.29, 0.717) is 34.6 Å². The van der Waals surface area contributed by atoms with Gasteiger partial charge < -0.3 is 19.4 Å². The van der Waals surface area contributed by atoms with Gasteiger partial charge in [0.1, 0.15) is 25.4 Å². The summed E-state index contributed by atoms with van der Waals surface area (Å²) in [6.07, 6.45) is 1.89. The van der Waals surface area contributed by atoms with Crippen molar-refractivity contribution in [3.8, 4) is 22.5 Å².